The monoisotopic (exact) mass is 427 g/mol. The number of para-hydroxylation sites is 1. The summed E-state index contributed by atoms with van der Waals surface area (Å²) in [5, 5.41) is 0. The zero-order valence-corrected chi connectivity index (χ0v) is 18.6. The van der Waals surface area contributed by atoms with Gasteiger partial charge in [-0.05, 0) is 56.0 Å². The third-order valence-electron chi connectivity index (χ3n) is 5.44. The zero-order chi connectivity index (χ0) is 22.5. The van der Waals surface area contributed by atoms with Crippen molar-refractivity contribution < 1.29 is 28.5 Å². The van der Waals surface area contributed by atoms with E-state index < -0.39 is 12.1 Å². The molecule has 3 rings (SSSR count). The summed E-state index contributed by atoms with van der Waals surface area (Å²) in [6.07, 6.45) is 0.479. The summed E-state index contributed by atoms with van der Waals surface area (Å²) in [6.45, 7) is 3.62. The molecule has 2 aromatic carbocycles. The standard InChI is InChI=1S/C24H29NO6/c1-15-12-18-8-6-7-9-19(18)25(15)24(27)16(2)31-22(26)11-10-17-13-20(28-3)23(30-5)21(14-17)29-4/h6-9,13-16H,10-12H2,1-5H3/t15-,16+/m1/s1. The Balaban J connectivity index is 1.62. The molecule has 2 aromatic rings. The lowest BCUT2D eigenvalue weighted by Gasteiger charge is -2.26. The van der Waals surface area contributed by atoms with Crippen LogP contribution in [0.3, 0.4) is 0 Å². The molecule has 0 N–H and O–H groups in total. The SMILES string of the molecule is COc1cc(CCC(=O)O[C@@H](C)C(=O)N2c3ccccc3C[C@H]2C)cc(OC)c1OC. The maximum atomic E-state index is 13.0. The highest BCUT2D eigenvalue weighted by Gasteiger charge is 2.34. The molecule has 0 saturated heterocycles. The first-order valence-electron chi connectivity index (χ1n) is 10.3. The summed E-state index contributed by atoms with van der Waals surface area (Å²) >= 11 is 0. The molecule has 1 heterocycles. The quantitative estimate of drug-likeness (QED) is 0.600. The number of anilines is 1. The first kappa shape index (κ1) is 22.5. The molecule has 166 valence electrons. The maximum absolute atomic E-state index is 13.0. The van der Waals surface area contributed by atoms with Crippen molar-refractivity contribution in [2.24, 2.45) is 0 Å². The van der Waals surface area contributed by atoms with Gasteiger partial charge in [-0.1, -0.05) is 18.2 Å². The molecular formula is C24H29NO6. The van der Waals surface area contributed by atoms with Gasteiger partial charge in [0.1, 0.15) is 0 Å². The number of aryl methyl sites for hydroxylation is 1. The topological polar surface area (TPSA) is 74.3 Å². The van der Waals surface area contributed by atoms with Crippen LogP contribution in [-0.4, -0.2) is 45.4 Å². The van der Waals surface area contributed by atoms with Gasteiger partial charge in [0.15, 0.2) is 17.6 Å². The number of ether oxygens (including phenoxy) is 4. The third-order valence-corrected chi connectivity index (χ3v) is 5.44. The van der Waals surface area contributed by atoms with Crippen LogP contribution in [0, 0.1) is 0 Å². The van der Waals surface area contributed by atoms with Crippen LogP contribution in [0.5, 0.6) is 17.2 Å². The molecule has 1 aliphatic rings. The fraction of sp³-hybridized carbons (Fsp3) is 0.417. The summed E-state index contributed by atoms with van der Waals surface area (Å²) in [5.41, 5.74) is 2.86. The van der Waals surface area contributed by atoms with Crippen molar-refractivity contribution >= 4 is 17.6 Å². The van der Waals surface area contributed by atoms with Crippen LogP contribution in [-0.2, 0) is 27.2 Å². The van der Waals surface area contributed by atoms with E-state index in [0.717, 1.165) is 23.2 Å². The summed E-state index contributed by atoms with van der Waals surface area (Å²) in [4.78, 5) is 27.1. The van der Waals surface area contributed by atoms with Crippen LogP contribution in [0.4, 0.5) is 5.69 Å². The normalized spacial score (nSPS) is 15.8. The second kappa shape index (κ2) is 9.73. The summed E-state index contributed by atoms with van der Waals surface area (Å²) in [7, 11) is 4.62. The first-order valence-corrected chi connectivity index (χ1v) is 10.3. The summed E-state index contributed by atoms with van der Waals surface area (Å²) in [6, 6.07) is 11.4. The molecule has 0 radical (unpaired) electrons. The predicted molar refractivity (Wildman–Crippen MR) is 117 cm³/mol. The minimum Gasteiger partial charge on any atom is -0.493 e. The molecule has 1 amide bonds. The number of hydrogen-bond acceptors (Lipinski definition) is 6. The highest BCUT2D eigenvalue weighted by molar-refractivity contribution is 5.99. The number of amides is 1. The van der Waals surface area contributed by atoms with E-state index in [0.29, 0.717) is 23.7 Å². The van der Waals surface area contributed by atoms with Crippen LogP contribution in [0.25, 0.3) is 0 Å². The Labute approximate surface area is 182 Å². The van der Waals surface area contributed by atoms with Crippen molar-refractivity contribution in [1.82, 2.24) is 0 Å². The van der Waals surface area contributed by atoms with E-state index >= 15 is 0 Å². The van der Waals surface area contributed by atoms with Crippen molar-refractivity contribution in [3.63, 3.8) is 0 Å². The molecule has 0 bridgehead atoms. The van der Waals surface area contributed by atoms with Crippen LogP contribution < -0.4 is 19.1 Å². The molecule has 2 atom stereocenters. The van der Waals surface area contributed by atoms with E-state index in [1.165, 1.54) is 7.11 Å². The van der Waals surface area contributed by atoms with E-state index in [1.807, 2.05) is 31.2 Å². The van der Waals surface area contributed by atoms with Gasteiger partial charge in [0.05, 0.1) is 21.3 Å². The molecule has 0 aromatic heterocycles. The van der Waals surface area contributed by atoms with E-state index in [2.05, 4.69) is 0 Å². The summed E-state index contributed by atoms with van der Waals surface area (Å²) in [5.74, 6) is 0.898. The molecule has 0 fully saturated rings. The van der Waals surface area contributed by atoms with Crippen molar-refractivity contribution in [2.45, 2.75) is 45.3 Å². The average Bonchev–Trinajstić information content (AvgIpc) is 3.11. The number of carbonyl (C=O) groups is 2. The number of esters is 1. The number of carbonyl (C=O) groups excluding carboxylic acids is 2. The molecule has 31 heavy (non-hydrogen) atoms. The van der Waals surface area contributed by atoms with Gasteiger partial charge in [0.25, 0.3) is 5.91 Å². The lowest BCUT2D eigenvalue weighted by atomic mass is 10.1. The zero-order valence-electron chi connectivity index (χ0n) is 18.6. The fourth-order valence-electron chi connectivity index (χ4n) is 3.93. The van der Waals surface area contributed by atoms with Crippen LogP contribution in [0.2, 0.25) is 0 Å². The van der Waals surface area contributed by atoms with E-state index in [1.54, 1.807) is 38.2 Å². The van der Waals surface area contributed by atoms with Gasteiger partial charge < -0.3 is 23.8 Å². The van der Waals surface area contributed by atoms with Gasteiger partial charge in [-0.3, -0.25) is 9.59 Å². The smallest absolute Gasteiger partial charge is 0.306 e. The number of nitrogens with zero attached hydrogens (tertiary/aromatic N) is 1. The number of methoxy groups -OCH3 is 3. The van der Waals surface area contributed by atoms with E-state index in [9.17, 15) is 9.59 Å². The Hall–Kier alpha value is -3.22. The molecule has 0 saturated carbocycles. The minimum absolute atomic E-state index is 0.0327. The van der Waals surface area contributed by atoms with Crippen molar-refractivity contribution in [2.75, 3.05) is 26.2 Å². The number of fused-ring (bicyclic) bond motifs is 1. The molecule has 0 unspecified atom stereocenters. The van der Waals surface area contributed by atoms with E-state index in [4.69, 9.17) is 18.9 Å². The Morgan fingerprint density at radius 3 is 2.32 bits per heavy atom. The van der Waals surface area contributed by atoms with Crippen LogP contribution in [0.1, 0.15) is 31.4 Å². The van der Waals surface area contributed by atoms with Crippen molar-refractivity contribution in [3.8, 4) is 17.2 Å². The largest absolute Gasteiger partial charge is 0.493 e. The number of benzene rings is 2. The van der Waals surface area contributed by atoms with Crippen LogP contribution in [0.15, 0.2) is 36.4 Å². The second-order valence-electron chi connectivity index (χ2n) is 7.56. The number of rotatable bonds is 8. The van der Waals surface area contributed by atoms with Gasteiger partial charge in [-0.2, -0.15) is 0 Å². The lowest BCUT2D eigenvalue weighted by Crippen LogP contribution is -2.43. The van der Waals surface area contributed by atoms with Gasteiger partial charge in [-0.15, -0.1) is 0 Å². The highest BCUT2D eigenvalue weighted by Crippen LogP contribution is 2.38. The summed E-state index contributed by atoms with van der Waals surface area (Å²) < 4.78 is 21.5. The fourth-order valence-corrected chi connectivity index (χ4v) is 3.93. The molecular weight excluding hydrogens is 398 g/mol. The lowest BCUT2D eigenvalue weighted by molar-refractivity contribution is -0.154. The Bertz CT molecular complexity index is 932. The molecule has 1 aliphatic heterocycles. The average molecular weight is 427 g/mol. The Kier molecular flexibility index (Phi) is 7.05. The molecule has 7 heteroatoms. The highest BCUT2D eigenvalue weighted by atomic mass is 16.5. The maximum Gasteiger partial charge on any atom is 0.306 e. The van der Waals surface area contributed by atoms with Crippen molar-refractivity contribution in [3.05, 3.63) is 47.5 Å². The minimum atomic E-state index is -0.860. The number of hydrogen-bond donors (Lipinski definition) is 0. The van der Waals surface area contributed by atoms with E-state index in [-0.39, 0.29) is 18.4 Å². The van der Waals surface area contributed by atoms with Gasteiger partial charge in [0.2, 0.25) is 5.75 Å². The van der Waals surface area contributed by atoms with Crippen molar-refractivity contribution in [1.29, 1.82) is 0 Å². The second-order valence-corrected chi connectivity index (χ2v) is 7.56. The Morgan fingerprint density at radius 2 is 1.71 bits per heavy atom. The predicted octanol–water partition coefficient (Wildman–Crippen LogP) is 3.55. The van der Waals surface area contributed by atoms with Gasteiger partial charge in [0, 0.05) is 18.2 Å². The Morgan fingerprint density at radius 1 is 1.06 bits per heavy atom. The molecule has 0 aliphatic carbocycles. The third kappa shape index (κ3) is 4.76. The van der Waals surface area contributed by atoms with Crippen LogP contribution >= 0.6 is 0 Å². The van der Waals surface area contributed by atoms with Gasteiger partial charge >= 0.3 is 5.97 Å². The first-order chi connectivity index (χ1) is 14.9. The molecule has 7 nitrogen and oxygen atoms in total. The molecule has 0 spiro atoms. The van der Waals surface area contributed by atoms with Gasteiger partial charge in [-0.25, -0.2) is 0 Å².